The molecule has 3 aromatic rings. The van der Waals surface area contributed by atoms with Gasteiger partial charge in [-0.05, 0) is 98.5 Å². The number of nitrogens with one attached hydrogen (secondary N) is 2. The van der Waals surface area contributed by atoms with Gasteiger partial charge >= 0.3 is 24.1 Å². The van der Waals surface area contributed by atoms with Crippen LogP contribution in [0.5, 0.6) is 5.75 Å². The Morgan fingerprint density at radius 1 is 0.912 bits per heavy atom. The predicted octanol–water partition coefficient (Wildman–Crippen LogP) is 5.68. The number of alkyl halides is 3. The molecule has 57 heavy (non-hydrogen) atoms. The number of carbonyl (C=O) groups excluding carboxylic acids is 1. The standard InChI is InChI=1S/C37H47F3N6O10S/c1-34(2,3)26-14-13-25(57(53,54)46(35(4,5)6)56-30(49)21-36(52,32(50)51)20-29(47)48)19-28(26)43-31-27(37(38,39)40)22-41-33(44-31)42-23-9-11-24(12-10-23)55-18-17-45-15-7-8-16-45/h9-14,19,22,52H,7-8,15-18,20-21H2,1-6H3,(H,47,48)(H,50,51)(H2,41,42,43,44). The van der Waals surface area contributed by atoms with Gasteiger partial charge in [0.05, 0.1) is 23.3 Å². The molecule has 1 aromatic heterocycles. The lowest BCUT2D eigenvalue weighted by Gasteiger charge is -2.33. The second-order valence-electron chi connectivity index (χ2n) is 15.5. The normalized spacial score (nSPS) is 15.2. The maximum Gasteiger partial charge on any atom is 0.421 e. The molecular formula is C37H47F3N6O10S. The molecule has 0 aliphatic carbocycles. The van der Waals surface area contributed by atoms with Crippen LogP contribution in [0.4, 0.5) is 36.3 Å². The second kappa shape index (κ2) is 17.2. The molecule has 0 amide bonds. The number of nitrogens with zero attached hydrogens (tertiary/aromatic N) is 4. The minimum atomic E-state index is -4.95. The Morgan fingerprint density at radius 2 is 1.54 bits per heavy atom. The highest BCUT2D eigenvalue weighted by atomic mass is 32.2. The van der Waals surface area contributed by atoms with Crippen molar-refractivity contribution in [3.05, 3.63) is 59.8 Å². The summed E-state index contributed by atoms with van der Waals surface area (Å²) in [5.41, 5.74) is -6.05. The fraction of sp³-hybridized carbons (Fsp3) is 0.486. The average Bonchev–Trinajstić information content (AvgIpc) is 3.60. The zero-order valence-electron chi connectivity index (χ0n) is 32.3. The van der Waals surface area contributed by atoms with Gasteiger partial charge in [0, 0.05) is 24.1 Å². The smallest absolute Gasteiger partial charge is 0.421 e. The summed E-state index contributed by atoms with van der Waals surface area (Å²) < 4.78 is 77.3. The summed E-state index contributed by atoms with van der Waals surface area (Å²) >= 11 is 0. The van der Waals surface area contributed by atoms with Crippen molar-refractivity contribution in [3.8, 4) is 5.75 Å². The first kappa shape index (κ1) is 44.7. The van der Waals surface area contributed by atoms with E-state index >= 15 is 0 Å². The van der Waals surface area contributed by atoms with Crippen molar-refractivity contribution in [2.45, 2.75) is 94.9 Å². The first-order chi connectivity index (χ1) is 26.3. The number of anilines is 4. The van der Waals surface area contributed by atoms with Gasteiger partial charge in [-0.25, -0.2) is 18.2 Å². The van der Waals surface area contributed by atoms with Crippen molar-refractivity contribution in [2.75, 3.05) is 36.9 Å². The van der Waals surface area contributed by atoms with Crippen LogP contribution in [0, 0.1) is 0 Å². The number of carbonyl (C=O) groups is 3. The largest absolute Gasteiger partial charge is 0.492 e. The zero-order chi connectivity index (χ0) is 42.6. The van der Waals surface area contributed by atoms with Crippen molar-refractivity contribution < 1.29 is 60.9 Å². The van der Waals surface area contributed by atoms with E-state index in [9.17, 15) is 46.2 Å². The molecule has 0 radical (unpaired) electrons. The van der Waals surface area contributed by atoms with Gasteiger partial charge in [0.2, 0.25) is 5.95 Å². The van der Waals surface area contributed by atoms with Gasteiger partial charge in [0.25, 0.3) is 10.0 Å². The molecule has 1 aliphatic rings. The topological polar surface area (TPSA) is 221 Å². The predicted molar refractivity (Wildman–Crippen MR) is 201 cm³/mol. The van der Waals surface area contributed by atoms with Crippen LogP contribution in [0.1, 0.15) is 78.4 Å². The van der Waals surface area contributed by atoms with Gasteiger partial charge in [-0.3, -0.25) is 14.5 Å². The van der Waals surface area contributed by atoms with Crippen LogP contribution < -0.4 is 15.4 Å². The lowest BCUT2D eigenvalue weighted by molar-refractivity contribution is -0.192. The Kier molecular flexibility index (Phi) is 13.5. The molecule has 0 bridgehead atoms. The summed E-state index contributed by atoms with van der Waals surface area (Å²) in [4.78, 5) is 50.5. The molecule has 0 spiro atoms. The van der Waals surface area contributed by atoms with E-state index in [2.05, 4.69) is 25.5 Å². The van der Waals surface area contributed by atoms with Gasteiger partial charge in [-0.15, -0.1) is 0 Å². The molecule has 1 fully saturated rings. The van der Waals surface area contributed by atoms with Crippen LogP contribution in [0.2, 0.25) is 0 Å². The van der Waals surface area contributed by atoms with Crippen molar-refractivity contribution in [2.24, 2.45) is 0 Å². The van der Waals surface area contributed by atoms with E-state index in [1.165, 1.54) is 26.8 Å². The molecule has 2 aromatic carbocycles. The van der Waals surface area contributed by atoms with Crippen LogP contribution in [-0.2, 0) is 40.8 Å². The Bertz CT molecular complexity index is 2050. The Labute approximate surface area is 328 Å². The van der Waals surface area contributed by atoms with E-state index in [1.54, 1.807) is 45.0 Å². The fourth-order valence-electron chi connectivity index (χ4n) is 5.85. The van der Waals surface area contributed by atoms with Crippen LogP contribution >= 0.6 is 0 Å². The number of hydroxylamine groups is 1. The maximum atomic E-state index is 14.4. The van der Waals surface area contributed by atoms with E-state index in [0.29, 0.717) is 29.8 Å². The van der Waals surface area contributed by atoms with E-state index in [-0.39, 0.29) is 16.1 Å². The first-order valence-corrected chi connectivity index (χ1v) is 19.3. The minimum Gasteiger partial charge on any atom is -0.492 e. The van der Waals surface area contributed by atoms with Crippen LogP contribution in [-0.4, -0.2) is 98.4 Å². The monoisotopic (exact) mass is 824 g/mol. The van der Waals surface area contributed by atoms with E-state index < -0.39 is 79.8 Å². The van der Waals surface area contributed by atoms with Gasteiger partial charge in [0.15, 0.2) is 5.60 Å². The number of hydrogen-bond donors (Lipinski definition) is 5. The van der Waals surface area contributed by atoms with Gasteiger partial charge in [-0.1, -0.05) is 26.8 Å². The van der Waals surface area contributed by atoms with Crippen LogP contribution in [0.15, 0.2) is 53.6 Å². The highest BCUT2D eigenvalue weighted by Gasteiger charge is 2.45. The summed E-state index contributed by atoms with van der Waals surface area (Å²) in [6, 6.07) is 10.2. The van der Waals surface area contributed by atoms with E-state index in [4.69, 9.17) is 14.7 Å². The number of aromatic nitrogens is 2. The third-order valence-electron chi connectivity index (χ3n) is 8.66. The van der Waals surface area contributed by atoms with E-state index in [0.717, 1.165) is 44.6 Å². The molecule has 4 rings (SSSR count). The van der Waals surface area contributed by atoms with Gasteiger partial charge in [-0.2, -0.15) is 18.2 Å². The number of sulfonamides is 1. The molecular weight excluding hydrogens is 778 g/mol. The number of carboxylic acids is 2. The molecule has 1 saturated heterocycles. The number of likely N-dealkylation sites (tertiary alicyclic amines) is 1. The lowest BCUT2D eigenvalue weighted by Crippen LogP contribution is -2.49. The van der Waals surface area contributed by atoms with Crippen molar-refractivity contribution in [1.29, 1.82) is 0 Å². The van der Waals surface area contributed by atoms with Crippen molar-refractivity contribution in [1.82, 2.24) is 19.3 Å². The zero-order valence-corrected chi connectivity index (χ0v) is 33.1. The number of aliphatic carboxylic acids is 2. The van der Waals surface area contributed by atoms with Crippen LogP contribution in [0.25, 0.3) is 0 Å². The number of ether oxygens (including phenoxy) is 1. The van der Waals surface area contributed by atoms with Crippen molar-refractivity contribution in [3.63, 3.8) is 0 Å². The van der Waals surface area contributed by atoms with Gasteiger partial charge < -0.3 is 35.5 Å². The Hall–Kier alpha value is -5.05. The first-order valence-electron chi connectivity index (χ1n) is 17.8. The second-order valence-corrected chi connectivity index (χ2v) is 17.3. The Balaban J connectivity index is 1.66. The summed E-state index contributed by atoms with van der Waals surface area (Å²) in [5.74, 6) is -5.75. The molecule has 1 unspecified atom stereocenters. The Morgan fingerprint density at radius 3 is 2.09 bits per heavy atom. The van der Waals surface area contributed by atoms with E-state index in [1.807, 2.05) is 0 Å². The average molecular weight is 825 g/mol. The molecule has 16 nitrogen and oxygen atoms in total. The van der Waals surface area contributed by atoms with Crippen LogP contribution in [0.3, 0.4) is 0 Å². The fourth-order valence-corrected chi connectivity index (χ4v) is 7.45. The number of benzene rings is 2. The molecule has 0 saturated carbocycles. The molecule has 2 heterocycles. The summed E-state index contributed by atoms with van der Waals surface area (Å²) in [6.45, 7) is 12.5. The third-order valence-corrected chi connectivity index (χ3v) is 10.6. The summed E-state index contributed by atoms with van der Waals surface area (Å²) in [7, 11) is -4.91. The molecule has 1 atom stereocenters. The summed E-state index contributed by atoms with van der Waals surface area (Å²) in [6.07, 6.45) is -4.88. The number of hydrogen-bond acceptors (Lipinski definition) is 13. The number of carboxylic acid groups (broad SMARTS) is 2. The quantitative estimate of drug-likeness (QED) is 0.110. The highest BCUT2D eigenvalue weighted by Crippen LogP contribution is 2.39. The SMILES string of the molecule is CC(C)(C)c1ccc(S(=O)(=O)N(OC(=O)CC(O)(CC(=O)O)C(=O)O)C(C)(C)C)cc1Nc1nc(Nc2ccc(OCCN3CCCC3)cc2)ncc1C(F)(F)F. The lowest BCUT2D eigenvalue weighted by atomic mass is 9.86. The third kappa shape index (κ3) is 11.7. The molecule has 1 aliphatic heterocycles. The number of rotatable bonds is 16. The highest BCUT2D eigenvalue weighted by molar-refractivity contribution is 7.89. The number of halogens is 3. The minimum absolute atomic E-state index is 0.115. The summed E-state index contributed by atoms with van der Waals surface area (Å²) in [5, 5.41) is 34.3. The maximum absolute atomic E-state index is 14.4. The molecule has 312 valence electrons. The van der Waals surface area contributed by atoms with Gasteiger partial charge in [0.1, 0.15) is 23.7 Å². The molecule has 5 N–H and O–H groups in total. The number of aliphatic hydroxyl groups is 1. The molecule has 20 heteroatoms. The van der Waals surface area contributed by atoms with Crippen molar-refractivity contribution >= 4 is 51.1 Å².